The average Bonchev–Trinajstić information content (AvgIpc) is 3.30. The van der Waals surface area contributed by atoms with Gasteiger partial charge in [0.05, 0.1) is 17.7 Å². The number of aromatic nitrogens is 2. The average molecular weight is 402 g/mol. The Bertz CT molecular complexity index is 1090. The molecular weight excluding hydrogens is 388 g/mol. The lowest BCUT2D eigenvalue weighted by Gasteiger charge is -2.11. The fourth-order valence-corrected chi connectivity index (χ4v) is 4.52. The number of thioether (sulfide) groups is 1. The van der Waals surface area contributed by atoms with E-state index in [9.17, 15) is 14.4 Å². The second-order valence-electron chi connectivity index (χ2n) is 5.71. The first kappa shape index (κ1) is 17.6. The SMILES string of the molecule is Nn1c(SCC(=O)N2CCOC2=O)nc2scc(-c3ccccc3)c2c1=O. The molecule has 10 heteroatoms. The molecule has 1 fully saturated rings. The lowest BCUT2D eigenvalue weighted by Crippen LogP contribution is -2.34. The van der Waals surface area contributed by atoms with Crippen molar-refractivity contribution in [3.8, 4) is 11.1 Å². The Kier molecular flexibility index (Phi) is 4.58. The molecule has 1 aliphatic rings. The molecule has 2 aromatic heterocycles. The number of rotatable bonds is 4. The van der Waals surface area contributed by atoms with E-state index in [1.807, 2.05) is 35.7 Å². The molecular formula is C17H14N4O4S2. The van der Waals surface area contributed by atoms with Gasteiger partial charge in [0.15, 0.2) is 5.16 Å². The second kappa shape index (κ2) is 7.05. The van der Waals surface area contributed by atoms with Crippen LogP contribution in [0.3, 0.4) is 0 Å². The van der Waals surface area contributed by atoms with Crippen LogP contribution >= 0.6 is 23.1 Å². The van der Waals surface area contributed by atoms with Crippen LogP contribution in [0.25, 0.3) is 21.3 Å². The lowest BCUT2D eigenvalue weighted by atomic mass is 10.1. The van der Waals surface area contributed by atoms with Gasteiger partial charge in [0.2, 0.25) is 5.91 Å². The van der Waals surface area contributed by atoms with Crippen LogP contribution in [-0.2, 0) is 9.53 Å². The minimum atomic E-state index is -0.653. The molecule has 1 aromatic carbocycles. The maximum atomic E-state index is 12.8. The van der Waals surface area contributed by atoms with E-state index in [1.54, 1.807) is 0 Å². The van der Waals surface area contributed by atoms with Gasteiger partial charge in [0.1, 0.15) is 11.4 Å². The fraction of sp³-hybridized carbons (Fsp3) is 0.176. The lowest BCUT2D eigenvalue weighted by molar-refractivity contribution is -0.125. The van der Waals surface area contributed by atoms with Crippen LogP contribution in [0.4, 0.5) is 4.79 Å². The topological polar surface area (TPSA) is 108 Å². The second-order valence-corrected chi connectivity index (χ2v) is 7.51. The summed E-state index contributed by atoms with van der Waals surface area (Å²) in [7, 11) is 0. The summed E-state index contributed by atoms with van der Waals surface area (Å²) in [6.45, 7) is 0.421. The van der Waals surface area contributed by atoms with Crippen molar-refractivity contribution < 1.29 is 14.3 Å². The Morgan fingerprint density at radius 3 is 2.78 bits per heavy atom. The molecule has 1 saturated heterocycles. The van der Waals surface area contributed by atoms with Crippen LogP contribution in [0.1, 0.15) is 0 Å². The van der Waals surface area contributed by atoms with E-state index in [2.05, 4.69) is 4.98 Å². The zero-order valence-corrected chi connectivity index (χ0v) is 15.6. The van der Waals surface area contributed by atoms with E-state index >= 15 is 0 Å². The number of ether oxygens (including phenoxy) is 1. The Balaban J connectivity index is 1.64. The van der Waals surface area contributed by atoms with Crippen molar-refractivity contribution in [1.29, 1.82) is 0 Å². The summed E-state index contributed by atoms with van der Waals surface area (Å²) in [6.07, 6.45) is -0.653. The Morgan fingerprint density at radius 1 is 1.30 bits per heavy atom. The van der Waals surface area contributed by atoms with Gasteiger partial charge in [-0.3, -0.25) is 9.59 Å². The van der Waals surface area contributed by atoms with Crippen LogP contribution < -0.4 is 11.4 Å². The number of fused-ring (bicyclic) bond motifs is 1. The van der Waals surface area contributed by atoms with Crippen molar-refractivity contribution in [2.45, 2.75) is 5.16 Å². The highest BCUT2D eigenvalue weighted by Crippen LogP contribution is 2.31. The predicted molar refractivity (Wildman–Crippen MR) is 103 cm³/mol. The molecule has 27 heavy (non-hydrogen) atoms. The standard InChI is InChI=1S/C17H14N4O4S2/c18-21-15(23)13-11(10-4-2-1-3-5-10)8-26-14(13)19-16(21)27-9-12(22)20-6-7-25-17(20)24/h1-5,8H,6-7,9,18H2. The first-order valence-electron chi connectivity index (χ1n) is 8.01. The molecule has 1 aliphatic heterocycles. The molecule has 0 unspecified atom stereocenters. The van der Waals surface area contributed by atoms with E-state index in [0.717, 1.165) is 32.5 Å². The highest BCUT2D eigenvalue weighted by molar-refractivity contribution is 7.99. The van der Waals surface area contributed by atoms with Gasteiger partial charge >= 0.3 is 6.09 Å². The van der Waals surface area contributed by atoms with Crippen LogP contribution in [0.15, 0.2) is 45.7 Å². The van der Waals surface area contributed by atoms with Crippen molar-refractivity contribution in [1.82, 2.24) is 14.6 Å². The molecule has 0 bridgehead atoms. The first-order chi connectivity index (χ1) is 13.1. The van der Waals surface area contributed by atoms with Gasteiger partial charge in [-0.25, -0.2) is 19.4 Å². The Labute approximate surface area is 161 Å². The highest BCUT2D eigenvalue weighted by Gasteiger charge is 2.28. The van der Waals surface area contributed by atoms with Crippen LogP contribution in [0.5, 0.6) is 0 Å². The van der Waals surface area contributed by atoms with Gasteiger partial charge in [-0.05, 0) is 5.56 Å². The predicted octanol–water partition coefficient (Wildman–Crippen LogP) is 1.91. The quantitative estimate of drug-likeness (QED) is 0.403. The number of thiophene rings is 1. The zero-order chi connectivity index (χ0) is 19.0. The Morgan fingerprint density at radius 2 is 2.07 bits per heavy atom. The summed E-state index contributed by atoms with van der Waals surface area (Å²) < 4.78 is 5.69. The number of nitrogens with zero attached hydrogens (tertiary/aromatic N) is 3. The number of benzene rings is 1. The molecule has 0 saturated carbocycles. The van der Waals surface area contributed by atoms with Gasteiger partial charge in [0, 0.05) is 10.9 Å². The van der Waals surface area contributed by atoms with Crippen LogP contribution in [-0.4, -0.2) is 45.5 Å². The molecule has 2 N–H and O–H groups in total. The smallest absolute Gasteiger partial charge is 0.416 e. The van der Waals surface area contributed by atoms with Crippen molar-refractivity contribution >= 4 is 45.3 Å². The van der Waals surface area contributed by atoms with Gasteiger partial charge in [-0.15, -0.1) is 11.3 Å². The molecule has 0 atom stereocenters. The van der Waals surface area contributed by atoms with Crippen molar-refractivity contribution in [2.24, 2.45) is 0 Å². The molecule has 138 valence electrons. The third kappa shape index (κ3) is 3.17. The number of carbonyl (C=O) groups excluding carboxylic acids is 2. The number of nitrogen functional groups attached to an aromatic ring is 1. The zero-order valence-electron chi connectivity index (χ0n) is 14.0. The fourth-order valence-electron chi connectivity index (χ4n) is 2.74. The summed E-state index contributed by atoms with van der Waals surface area (Å²) in [6, 6.07) is 9.52. The highest BCUT2D eigenvalue weighted by atomic mass is 32.2. The molecule has 0 radical (unpaired) electrons. The minimum Gasteiger partial charge on any atom is -0.447 e. The number of imide groups is 1. The number of nitrogens with two attached hydrogens (primary N) is 1. The third-order valence-corrected chi connectivity index (χ3v) is 5.89. The number of hydrogen-bond donors (Lipinski definition) is 1. The molecule has 3 aromatic rings. The van der Waals surface area contributed by atoms with Crippen molar-refractivity contribution in [3.63, 3.8) is 0 Å². The maximum Gasteiger partial charge on any atom is 0.416 e. The van der Waals surface area contributed by atoms with Gasteiger partial charge in [-0.2, -0.15) is 0 Å². The number of cyclic esters (lactones) is 1. The largest absolute Gasteiger partial charge is 0.447 e. The van der Waals surface area contributed by atoms with E-state index < -0.39 is 12.0 Å². The molecule has 4 rings (SSSR count). The van der Waals surface area contributed by atoms with Gasteiger partial charge in [-0.1, -0.05) is 42.1 Å². The van der Waals surface area contributed by atoms with E-state index in [4.69, 9.17) is 10.6 Å². The normalized spacial score (nSPS) is 13.9. The Hall–Kier alpha value is -2.85. The molecule has 0 aliphatic carbocycles. The maximum absolute atomic E-state index is 12.8. The molecule has 0 spiro atoms. The van der Waals surface area contributed by atoms with E-state index in [-0.39, 0.29) is 29.6 Å². The number of amides is 2. The molecule has 8 nitrogen and oxygen atoms in total. The van der Waals surface area contributed by atoms with Gasteiger partial charge in [0.25, 0.3) is 5.56 Å². The van der Waals surface area contributed by atoms with Crippen LogP contribution in [0.2, 0.25) is 0 Å². The van der Waals surface area contributed by atoms with Crippen LogP contribution in [0, 0.1) is 0 Å². The van der Waals surface area contributed by atoms with Crippen molar-refractivity contribution in [2.75, 3.05) is 24.7 Å². The first-order valence-corrected chi connectivity index (χ1v) is 9.87. The summed E-state index contributed by atoms with van der Waals surface area (Å²) in [4.78, 5) is 42.4. The number of carbonyl (C=O) groups is 2. The summed E-state index contributed by atoms with van der Waals surface area (Å²) in [5.41, 5.74) is 1.31. The van der Waals surface area contributed by atoms with Crippen molar-refractivity contribution in [3.05, 3.63) is 46.1 Å². The summed E-state index contributed by atoms with van der Waals surface area (Å²) in [5.74, 6) is 5.45. The monoisotopic (exact) mass is 402 g/mol. The van der Waals surface area contributed by atoms with Gasteiger partial charge < -0.3 is 10.6 Å². The third-order valence-electron chi connectivity index (χ3n) is 4.08. The van der Waals surface area contributed by atoms with E-state index in [0.29, 0.717) is 10.2 Å². The van der Waals surface area contributed by atoms with E-state index in [1.165, 1.54) is 11.3 Å². The summed E-state index contributed by atoms with van der Waals surface area (Å²) >= 11 is 2.36. The minimum absolute atomic E-state index is 0.0683. The molecule has 3 heterocycles. The summed E-state index contributed by atoms with van der Waals surface area (Å²) in [5, 5.41) is 2.54. The molecule has 2 amide bonds. The number of hydrogen-bond acceptors (Lipinski definition) is 8.